The lowest BCUT2D eigenvalue weighted by molar-refractivity contribution is 0.140. The van der Waals surface area contributed by atoms with Crippen LogP contribution in [0.15, 0.2) is 53.1 Å². The zero-order valence-corrected chi connectivity index (χ0v) is 12.1. The molecule has 1 saturated heterocycles. The van der Waals surface area contributed by atoms with Gasteiger partial charge >= 0.3 is 0 Å². The predicted molar refractivity (Wildman–Crippen MR) is 80.4 cm³/mol. The molecule has 1 aromatic rings. The molecule has 2 heteroatoms. The van der Waals surface area contributed by atoms with Crippen LogP contribution < -0.4 is 0 Å². The summed E-state index contributed by atoms with van der Waals surface area (Å²) in [6.45, 7) is 5.35. The first-order chi connectivity index (χ1) is 9.83. The lowest BCUT2D eigenvalue weighted by Crippen LogP contribution is -2.02. The van der Waals surface area contributed by atoms with Crippen molar-refractivity contribution in [3.8, 4) is 0 Å². The Bertz CT molecular complexity index is 513. The van der Waals surface area contributed by atoms with Gasteiger partial charge in [-0.1, -0.05) is 42.0 Å². The molecule has 0 saturated carbocycles. The lowest BCUT2D eigenvalue weighted by atomic mass is 9.98. The van der Waals surface area contributed by atoms with Crippen molar-refractivity contribution >= 4 is 0 Å². The number of hydrogen-bond donors (Lipinski definition) is 0. The van der Waals surface area contributed by atoms with E-state index in [-0.39, 0.29) is 0 Å². The standard InChI is InChI=1S/C18H22O2/c1-14-7-8-16(9-17-12-20-13-18(14)17)11-19-10-15-5-3-2-4-6-15/h2-6,9,17H,7-8,10-13H2,1H3. The third kappa shape index (κ3) is 3.20. The maximum Gasteiger partial charge on any atom is 0.0721 e. The lowest BCUT2D eigenvalue weighted by Gasteiger charge is -2.09. The molecule has 1 aromatic carbocycles. The third-order valence-electron chi connectivity index (χ3n) is 4.21. The van der Waals surface area contributed by atoms with E-state index in [1.54, 1.807) is 0 Å². The number of ether oxygens (including phenoxy) is 2. The van der Waals surface area contributed by atoms with E-state index >= 15 is 0 Å². The van der Waals surface area contributed by atoms with Crippen molar-refractivity contribution in [2.24, 2.45) is 5.92 Å². The zero-order chi connectivity index (χ0) is 13.8. The van der Waals surface area contributed by atoms with Gasteiger partial charge in [-0.25, -0.2) is 0 Å². The molecule has 20 heavy (non-hydrogen) atoms. The predicted octanol–water partition coefficient (Wildman–Crippen LogP) is 3.89. The van der Waals surface area contributed by atoms with Gasteiger partial charge in [-0.2, -0.15) is 0 Å². The average Bonchev–Trinajstić information content (AvgIpc) is 2.88. The van der Waals surface area contributed by atoms with Gasteiger partial charge in [-0.3, -0.25) is 0 Å². The Morgan fingerprint density at radius 3 is 2.85 bits per heavy atom. The summed E-state index contributed by atoms with van der Waals surface area (Å²) in [7, 11) is 0. The van der Waals surface area contributed by atoms with Crippen molar-refractivity contribution in [2.45, 2.75) is 26.4 Å². The molecule has 2 aliphatic rings. The van der Waals surface area contributed by atoms with Crippen molar-refractivity contribution in [2.75, 3.05) is 19.8 Å². The molecule has 1 unspecified atom stereocenters. The molecular weight excluding hydrogens is 248 g/mol. The first-order valence-electron chi connectivity index (χ1n) is 7.40. The minimum Gasteiger partial charge on any atom is -0.376 e. The van der Waals surface area contributed by atoms with Crippen molar-refractivity contribution in [1.29, 1.82) is 0 Å². The van der Waals surface area contributed by atoms with Crippen molar-refractivity contribution in [3.05, 3.63) is 58.7 Å². The summed E-state index contributed by atoms with van der Waals surface area (Å²) in [6, 6.07) is 10.4. The van der Waals surface area contributed by atoms with E-state index in [1.807, 2.05) is 6.07 Å². The van der Waals surface area contributed by atoms with Gasteiger partial charge in [0.05, 0.1) is 26.4 Å². The quantitative estimate of drug-likeness (QED) is 0.773. The Morgan fingerprint density at radius 2 is 2.00 bits per heavy atom. The van der Waals surface area contributed by atoms with E-state index in [1.165, 1.54) is 22.3 Å². The second kappa shape index (κ2) is 6.38. The highest BCUT2D eigenvalue weighted by molar-refractivity contribution is 5.29. The van der Waals surface area contributed by atoms with Crippen LogP contribution in [0.25, 0.3) is 0 Å². The average molecular weight is 270 g/mol. The molecule has 0 bridgehead atoms. The number of hydrogen-bond acceptors (Lipinski definition) is 2. The van der Waals surface area contributed by atoms with Gasteiger partial charge in [0, 0.05) is 5.92 Å². The number of rotatable bonds is 4. The van der Waals surface area contributed by atoms with E-state index in [0.29, 0.717) is 12.5 Å². The van der Waals surface area contributed by atoms with E-state index in [9.17, 15) is 0 Å². The van der Waals surface area contributed by atoms with Gasteiger partial charge in [0.2, 0.25) is 0 Å². The highest BCUT2D eigenvalue weighted by Gasteiger charge is 2.24. The van der Waals surface area contributed by atoms with Gasteiger partial charge in [0.1, 0.15) is 0 Å². The monoisotopic (exact) mass is 270 g/mol. The molecule has 1 fully saturated rings. The summed E-state index contributed by atoms with van der Waals surface area (Å²) in [5, 5.41) is 0. The largest absolute Gasteiger partial charge is 0.376 e. The summed E-state index contributed by atoms with van der Waals surface area (Å²) in [6.07, 6.45) is 4.65. The van der Waals surface area contributed by atoms with E-state index in [0.717, 1.165) is 32.7 Å². The fourth-order valence-corrected chi connectivity index (χ4v) is 2.96. The Hall–Kier alpha value is -1.38. The summed E-state index contributed by atoms with van der Waals surface area (Å²) in [5.74, 6) is 0.493. The topological polar surface area (TPSA) is 18.5 Å². The normalized spacial score (nSPS) is 22.4. The minimum atomic E-state index is 0.493. The van der Waals surface area contributed by atoms with Gasteiger partial charge < -0.3 is 9.47 Å². The summed E-state index contributed by atoms with van der Waals surface area (Å²) < 4.78 is 11.5. The Kier molecular flexibility index (Phi) is 4.34. The Labute approximate surface area is 121 Å². The SMILES string of the molecule is CC1=C2COCC2C=C(COCc2ccccc2)CC1. The minimum absolute atomic E-state index is 0.493. The maximum atomic E-state index is 5.87. The van der Waals surface area contributed by atoms with Crippen LogP contribution in [0.3, 0.4) is 0 Å². The highest BCUT2D eigenvalue weighted by Crippen LogP contribution is 2.32. The summed E-state index contributed by atoms with van der Waals surface area (Å²) >= 11 is 0. The van der Waals surface area contributed by atoms with E-state index < -0.39 is 0 Å². The van der Waals surface area contributed by atoms with Crippen LogP contribution in [0.4, 0.5) is 0 Å². The molecule has 0 radical (unpaired) electrons. The molecular formula is C18H22O2. The first-order valence-corrected chi connectivity index (χ1v) is 7.40. The second-order valence-corrected chi connectivity index (χ2v) is 5.73. The van der Waals surface area contributed by atoms with Crippen LogP contribution in [0, 0.1) is 5.92 Å². The molecule has 0 amide bonds. The van der Waals surface area contributed by atoms with Crippen LogP contribution in [0.2, 0.25) is 0 Å². The first kappa shape index (κ1) is 13.6. The summed E-state index contributed by atoms with van der Waals surface area (Å²) in [4.78, 5) is 0. The number of benzene rings is 1. The highest BCUT2D eigenvalue weighted by atomic mass is 16.5. The van der Waals surface area contributed by atoms with Crippen LogP contribution >= 0.6 is 0 Å². The van der Waals surface area contributed by atoms with Crippen LogP contribution in [-0.2, 0) is 16.1 Å². The number of fused-ring (bicyclic) bond motifs is 1. The molecule has 2 nitrogen and oxygen atoms in total. The van der Waals surface area contributed by atoms with Crippen LogP contribution in [-0.4, -0.2) is 19.8 Å². The molecule has 1 atom stereocenters. The fourth-order valence-electron chi connectivity index (χ4n) is 2.96. The van der Waals surface area contributed by atoms with Gasteiger partial charge in [-0.15, -0.1) is 0 Å². The zero-order valence-electron chi connectivity index (χ0n) is 12.1. The molecule has 0 spiro atoms. The smallest absolute Gasteiger partial charge is 0.0721 e. The summed E-state index contributed by atoms with van der Waals surface area (Å²) in [5.41, 5.74) is 5.68. The molecule has 0 aromatic heterocycles. The second-order valence-electron chi connectivity index (χ2n) is 5.73. The molecule has 1 heterocycles. The van der Waals surface area contributed by atoms with Crippen molar-refractivity contribution < 1.29 is 9.47 Å². The van der Waals surface area contributed by atoms with E-state index in [4.69, 9.17) is 9.47 Å². The van der Waals surface area contributed by atoms with Gasteiger partial charge in [0.15, 0.2) is 0 Å². The van der Waals surface area contributed by atoms with Gasteiger partial charge in [0.25, 0.3) is 0 Å². The van der Waals surface area contributed by atoms with Crippen LogP contribution in [0.5, 0.6) is 0 Å². The number of allylic oxidation sites excluding steroid dienone is 1. The van der Waals surface area contributed by atoms with Gasteiger partial charge in [-0.05, 0) is 36.5 Å². The van der Waals surface area contributed by atoms with Crippen molar-refractivity contribution in [3.63, 3.8) is 0 Å². The molecule has 106 valence electrons. The van der Waals surface area contributed by atoms with Crippen LogP contribution in [0.1, 0.15) is 25.3 Å². The Balaban J connectivity index is 1.56. The molecule has 1 aliphatic heterocycles. The molecule has 0 N–H and O–H groups in total. The van der Waals surface area contributed by atoms with E-state index in [2.05, 4.69) is 37.3 Å². The molecule has 1 aliphatic carbocycles. The third-order valence-corrected chi connectivity index (χ3v) is 4.21. The maximum absolute atomic E-state index is 5.87. The Morgan fingerprint density at radius 1 is 1.15 bits per heavy atom. The fraction of sp³-hybridized carbons (Fsp3) is 0.444. The molecule has 3 rings (SSSR count). The van der Waals surface area contributed by atoms with Crippen molar-refractivity contribution in [1.82, 2.24) is 0 Å².